The highest BCUT2D eigenvalue weighted by Crippen LogP contribution is 1.96. The van der Waals surface area contributed by atoms with E-state index in [2.05, 4.69) is 11.3 Å². The number of carbonyl (C=O) groups excluding carboxylic acids is 1. The van der Waals surface area contributed by atoms with Crippen LogP contribution in [0.25, 0.3) is 0 Å². The molecule has 0 aliphatic rings. The van der Waals surface area contributed by atoms with Crippen molar-refractivity contribution in [2.45, 2.75) is 18.9 Å². The van der Waals surface area contributed by atoms with E-state index in [0.29, 0.717) is 0 Å². The second-order valence-corrected chi connectivity index (χ2v) is 2.14. The predicted octanol–water partition coefficient (Wildman–Crippen LogP) is -0.135. The van der Waals surface area contributed by atoms with Crippen LogP contribution in [0, 0.1) is 0 Å². The molecule has 0 radical (unpaired) electrons. The summed E-state index contributed by atoms with van der Waals surface area (Å²) in [6, 6.07) is -0.890. The monoisotopic (exact) mass is 173 g/mol. The topological polar surface area (TPSA) is 89.6 Å². The van der Waals surface area contributed by atoms with Crippen LogP contribution in [0.4, 0.5) is 0 Å². The van der Waals surface area contributed by atoms with E-state index < -0.39 is 18.0 Å². The zero-order valence-electron chi connectivity index (χ0n) is 6.53. The molecule has 0 bridgehead atoms. The van der Waals surface area contributed by atoms with Crippen molar-refractivity contribution in [3.05, 3.63) is 12.8 Å². The molecule has 0 unspecified atom stereocenters. The molecule has 0 aromatic rings. The van der Waals surface area contributed by atoms with Gasteiger partial charge in [-0.15, -0.1) is 0 Å². The van der Waals surface area contributed by atoms with Crippen LogP contribution in [0.15, 0.2) is 12.8 Å². The summed E-state index contributed by atoms with van der Waals surface area (Å²) in [6.45, 7) is 3.16. The first kappa shape index (κ1) is 10.6. The highest BCUT2D eigenvalue weighted by atomic mass is 16.5. The second-order valence-electron chi connectivity index (χ2n) is 2.14. The molecule has 0 aliphatic heterocycles. The van der Waals surface area contributed by atoms with E-state index >= 15 is 0 Å². The first-order chi connectivity index (χ1) is 5.57. The Kier molecular flexibility index (Phi) is 4.71. The largest absolute Gasteiger partial charge is 0.481 e. The fourth-order valence-electron chi connectivity index (χ4n) is 0.566. The lowest BCUT2D eigenvalue weighted by Crippen LogP contribution is -2.31. The molecule has 0 aromatic carbocycles. The van der Waals surface area contributed by atoms with Crippen LogP contribution in [0.5, 0.6) is 0 Å². The van der Waals surface area contributed by atoms with Crippen LogP contribution in [0.3, 0.4) is 0 Å². The normalized spacial score (nSPS) is 11.8. The molecule has 0 aromatic heterocycles. The summed E-state index contributed by atoms with van der Waals surface area (Å²) in [4.78, 5) is 20.8. The number of nitrogens with two attached hydrogens (primary N) is 1. The van der Waals surface area contributed by atoms with Crippen LogP contribution in [-0.2, 0) is 14.3 Å². The maximum absolute atomic E-state index is 10.7. The quantitative estimate of drug-likeness (QED) is 0.446. The number of carboxylic acid groups (broad SMARTS) is 1. The molecule has 1 atom stereocenters. The van der Waals surface area contributed by atoms with Crippen molar-refractivity contribution in [2.75, 3.05) is 0 Å². The summed E-state index contributed by atoms with van der Waals surface area (Å²) in [6.07, 6.45) is 0.887. The minimum absolute atomic E-state index is 0.0714. The van der Waals surface area contributed by atoms with Gasteiger partial charge in [0.15, 0.2) is 0 Å². The smallest absolute Gasteiger partial charge is 0.327 e. The summed E-state index contributed by atoms with van der Waals surface area (Å²) >= 11 is 0. The van der Waals surface area contributed by atoms with Crippen LogP contribution in [-0.4, -0.2) is 23.1 Å². The van der Waals surface area contributed by atoms with Gasteiger partial charge in [-0.25, -0.2) is 4.79 Å². The molecule has 0 aliphatic carbocycles. The van der Waals surface area contributed by atoms with Crippen molar-refractivity contribution < 1.29 is 19.4 Å². The molecule has 0 saturated carbocycles. The SMILES string of the molecule is C=COC(=O)[C@@H](N)CCC(=O)O. The van der Waals surface area contributed by atoms with Crippen molar-refractivity contribution in [3.63, 3.8) is 0 Å². The molecule has 5 nitrogen and oxygen atoms in total. The van der Waals surface area contributed by atoms with E-state index in [-0.39, 0.29) is 12.8 Å². The van der Waals surface area contributed by atoms with E-state index in [4.69, 9.17) is 10.8 Å². The van der Waals surface area contributed by atoms with Gasteiger partial charge in [0.25, 0.3) is 0 Å². The average molecular weight is 173 g/mol. The van der Waals surface area contributed by atoms with Crippen LogP contribution < -0.4 is 5.73 Å². The second kappa shape index (κ2) is 5.31. The van der Waals surface area contributed by atoms with E-state index in [1.807, 2.05) is 0 Å². The maximum atomic E-state index is 10.7. The fourth-order valence-corrected chi connectivity index (χ4v) is 0.566. The van der Waals surface area contributed by atoms with Gasteiger partial charge in [-0.2, -0.15) is 0 Å². The molecule has 68 valence electrons. The zero-order valence-corrected chi connectivity index (χ0v) is 6.53. The number of rotatable bonds is 5. The van der Waals surface area contributed by atoms with Gasteiger partial charge >= 0.3 is 11.9 Å². The van der Waals surface area contributed by atoms with E-state index in [9.17, 15) is 9.59 Å². The van der Waals surface area contributed by atoms with Gasteiger partial charge < -0.3 is 15.6 Å². The lowest BCUT2D eigenvalue weighted by Gasteiger charge is -2.06. The first-order valence-corrected chi connectivity index (χ1v) is 3.36. The van der Waals surface area contributed by atoms with Crippen molar-refractivity contribution in [1.29, 1.82) is 0 Å². The summed E-state index contributed by atoms with van der Waals surface area (Å²) in [5, 5.41) is 8.25. The maximum Gasteiger partial charge on any atom is 0.327 e. The van der Waals surface area contributed by atoms with Crippen molar-refractivity contribution >= 4 is 11.9 Å². The molecule has 0 rings (SSSR count). The Morgan fingerprint density at radius 3 is 2.67 bits per heavy atom. The van der Waals surface area contributed by atoms with Gasteiger partial charge in [-0.3, -0.25) is 4.79 Å². The number of aliphatic carboxylic acids is 1. The third kappa shape index (κ3) is 4.45. The number of esters is 1. The lowest BCUT2D eigenvalue weighted by atomic mass is 10.2. The third-order valence-electron chi connectivity index (χ3n) is 1.17. The summed E-state index contributed by atoms with van der Waals surface area (Å²) in [5.74, 6) is -1.65. The van der Waals surface area contributed by atoms with Crippen molar-refractivity contribution in [1.82, 2.24) is 0 Å². The number of carboxylic acids is 1. The van der Waals surface area contributed by atoms with Crippen molar-refractivity contribution in [2.24, 2.45) is 5.73 Å². The van der Waals surface area contributed by atoms with E-state index in [1.54, 1.807) is 0 Å². The van der Waals surface area contributed by atoms with E-state index in [0.717, 1.165) is 6.26 Å². The standard InChI is InChI=1S/C7H11NO4/c1-2-12-7(11)5(8)3-4-6(9)10/h2,5H,1,3-4,8H2,(H,9,10)/t5-/m0/s1. The lowest BCUT2D eigenvalue weighted by molar-refractivity contribution is -0.140. The Morgan fingerprint density at radius 1 is 1.67 bits per heavy atom. The van der Waals surface area contributed by atoms with E-state index in [1.165, 1.54) is 0 Å². The van der Waals surface area contributed by atoms with Gasteiger partial charge in [0.05, 0.1) is 6.26 Å². The van der Waals surface area contributed by atoms with Crippen LogP contribution in [0.1, 0.15) is 12.8 Å². The molecule has 3 N–H and O–H groups in total. The Balaban J connectivity index is 3.70. The molecular weight excluding hydrogens is 162 g/mol. The van der Waals surface area contributed by atoms with Gasteiger partial charge in [0.2, 0.25) is 0 Å². The van der Waals surface area contributed by atoms with Gasteiger partial charge in [-0.05, 0) is 6.42 Å². The predicted molar refractivity (Wildman–Crippen MR) is 41.1 cm³/mol. The number of hydrogen-bond acceptors (Lipinski definition) is 4. The summed E-state index contributed by atoms with van der Waals surface area (Å²) in [7, 11) is 0. The molecule has 0 fully saturated rings. The average Bonchev–Trinajstić information content (AvgIpc) is 2.00. The Labute approximate surface area is 69.8 Å². The Morgan fingerprint density at radius 2 is 2.25 bits per heavy atom. The molecule has 5 heteroatoms. The van der Waals surface area contributed by atoms with Gasteiger partial charge in [0, 0.05) is 6.42 Å². The highest BCUT2D eigenvalue weighted by molar-refractivity contribution is 5.77. The zero-order chi connectivity index (χ0) is 9.56. The minimum atomic E-state index is -0.989. The Bertz CT molecular complexity index is 190. The molecule has 0 saturated heterocycles. The highest BCUT2D eigenvalue weighted by Gasteiger charge is 2.14. The molecular formula is C7H11NO4. The summed E-state index contributed by atoms with van der Waals surface area (Å²) < 4.78 is 4.34. The summed E-state index contributed by atoms with van der Waals surface area (Å²) in [5.41, 5.74) is 5.27. The molecule has 12 heavy (non-hydrogen) atoms. The molecule has 0 spiro atoms. The van der Waals surface area contributed by atoms with Crippen molar-refractivity contribution in [3.8, 4) is 0 Å². The van der Waals surface area contributed by atoms with Crippen LogP contribution >= 0.6 is 0 Å². The third-order valence-corrected chi connectivity index (χ3v) is 1.17. The number of ether oxygens (including phenoxy) is 1. The minimum Gasteiger partial charge on any atom is -0.481 e. The molecule has 0 heterocycles. The molecule has 0 amide bonds. The first-order valence-electron chi connectivity index (χ1n) is 3.36. The number of carbonyl (C=O) groups is 2. The Hall–Kier alpha value is -1.36. The van der Waals surface area contributed by atoms with Gasteiger partial charge in [0.1, 0.15) is 6.04 Å². The van der Waals surface area contributed by atoms with Crippen LogP contribution in [0.2, 0.25) is 0 Å². The fraction of sp³-hybridized carbons (Fsp3) is 0.429. The number of hydrogen-bond donors (Lipinski definition) is 2. The van der Waals surface area contributed by atoms with Gasteiger partial charge in [-0.1, -0.05) is 6.58 Å².